The van der Waals surface area contributed by atoms with Gasteiger partial charge in [0.1, 0.15) is 5.76 Å². The lowest BCUT2D eigenvalue weighted by atomic mass is 10.0. The second-order valence-corrected chi connectivity index (χ2v) is 5.22. The minimum atomic E-state index is 0.324. The summed E-state index contributed by atoms with van der Waals surface area (Å²) in [5.74, 6) is 1.32. The van der Waals surface area contributed by atoms with Crippen molar-refractivity contribution in [3.8, 4) is 0 Å². The van der Waals surface area contributed by atoms with Gasteiger partial charge < -0.3 is 15.1 Å². The first-order chi connectivity index (χ1) is 7.79. The van der Waals surface area contributed by atoms with E-state index >= 15 is 0 Å². The molecule has 1 aliphatic rings. The van der Waals surface area contributed by atoms with E-state index in [1.165, 1.54) is 32.4 Å². The maximum Gasteiger partial charge on any atom is 0.169 e. The molecule has 2 rings (SSSR count). The Morgan fingerprint density at radius 3 is 2.62 bits per heavy atom. The fourth-order valence-electron chi connectivity index (χ4n) is 2.28. The molecular weight excluding hydrogens is 268 g/mol. The number of hydrogen-bond donors (Lipinski definition) is 1. The minimum absolute atomic E-state index is 0.324. The molecule has 1 aromatic heterocycles. The van der Waals surface area contributed by atoms with Crippen LogP contribution in [0.1, 0.15) is 30.9 Å². The van der Waals surface area contributed by atoms with Gasteiger partial charge >= 0.3 is 0 Å². The van der Waals surface area contributed by atoms with E-state index in [9.17, 15) is 0 Å². The van der Waals surface area contributed by atoms with Crippen LogP contribution < -0.4 is 5.73 Å². The Labute approximate surface area is 105 Å². The molecule has 0 aromatic carbocycles. The van der Waals surface area contributed by atoms with Crippen molar-refractivity contribution in [1.82, 2.24) is 4.90 Å². The standard InChI is InChI=1S/C12H19BrN2O/c13-12-5-4-11(16-12)10(8-14)9-15-6-2-1-3-7-15/h4-5,10H,1-3,6-9,14H2. The third kappa shape index (κ3) is 3.09. The molecule has 0 amide bonds. The van der Waals surface area contributed by atoms with Gasteiger partial charge in [0.15, 0.2) is 4.67 Å². The maximum absolute atomic E-state index is 5.83. The van der Waals surface area contributed by atoms with E-state index in [1.807, 2.05) is 12.1 Å². The van der Waals surface area contributed by atoms with Gasteiger partial charge in [0, 0.05) is 19.0 Å². The summed E-state index contributed by atoms with van der Waals surface area (Å²) in [5, 5.41) is 0. The third-order valence-corrected chi connectivity index (χ3v) is 3.63. The number of piperidine rings is 1. The fourth-order valence-corrected chi connectivity index (χ4v) is 2.60. The Bertz CT molecular complexity index is 321. The van der Waals surface area contributed by atoms with Crippen molar-refractivity contribution >= 4 is 15.9 Å². The molecule has 1 saturated heterocycles. The summed E-state index contributed by atoms with van der Waals surface area (Å²) in [6.07, 6.45) is 4.01. The highest BCUT2D eigenvalue weighted by atomic mass is 79.9. The molecule has 2 heterocycles. The average molecular weight is 287 g/mol. The number of nitrogens with two attached hydrogens (primary N) is 1. The van der Waals surface area contributed by atoms with Crippen LogP contribution >= 0.6 is 15.9 Å². The molecule has 2 N–H and O–H groups in total. The molecule has 1 fully saturated rings. The van der Waals surface area contributed by atoms with Crippen LogP contribution in [0.25, 0.3) is 0 Å². The molecule has 0 radical (unpaired) electrons. The lowest BCUT2D eigenvalue weighted by Gasteiger charge is -2.29. The quantitative estimate of drug-likeness (QED) is 0.925. The largest absolute Gasteiger partial charge is 0.454 e. The molecule has 0 spiro atoms. The average Bonchev–Trinajstić information content (AvgIpc) is 2.74. The van der Waals surface area contributed by atoms with Crippen LogP contribution in [0.15, 0.2) is 21.2 Å². The number of likely N-dealkylation sites (tertiary alicyclic amines) is 1. The van der Waals surface area contributed by atoms with Gasteiger partial charge in [-0.05, 0) is 54.0 Å². The summed E-state index contributed by atoms with van der Waals surface area (Å²) in [6, 6.07) is 3.96. The number of halogens is 1. The van der Waals surface area contributed by atoms with Gasteiger partial charge in [-0.2, -0.15) is 0 Å². The summed E-state index contributed by atoms with van der Waals surface area (Å²) in [7, 11) is 0. The first kappa shape index (κ1) is 12.1. The van der Waals surface area contributed by atoms with Crippen LogP contribution in [0, 0.1) is 0 Å². The molecule has 3 nitrogen and oxygen atoms in total. The lowest BCUT2D eigenvalue weighted by molar-refractivity contribution is 0.209. The number of nitrogens with zero attached hydrogens (tertiary/aromatic N) is 1. The molecule has 0 bridgehead atoms. The highest BCUT2D eigenvalue weighted by Gasteiger charge is 2.19. The first-order valence-electron chi connectivity index (χ1n) is 5.97. The SMILES string of the molecule is NCC(CN1CCCCC1)c1ccc(Br)o1. The predicted octanol–water partition coefficient (Wildman–Crippen LogP) is 2.57. The fraction of sp³-hybridized carbons (Fsp3) is 0.667. The van der Waals surface area contributed by atoms with Crippen molar-refractivity contribution < 1.29 is 4.42 Å². The van der Waals surface area contributed by atoms with Gasteiger partial charge in [0.2, 0.25) is 0 Å². The molecular formula is C12H19BrN2O. The number of rotatable bonds is 4. The second kappa shape index (κ2) is 5.84. The van der Waals surface area contributed by atoms with Crippen molar-refractivity contribution in [2.24, 2.45) is 5.73 Å². The van der Waals surface area contributed by atoms with E-state index in [0.29, 0.717) is 12.5 Å². The molecule has 1 aliphatic heterocycles. The van der Waals surface area contributed by atoms with Gasteiger partial charge in [-0.3, -0.25) is 0 Å². The monoisotopic (exact) mass is 286 g/mol. The molecule has 4 heteroatoms. The maximum atomic E-state index is 5.83. The highest BCUT2D eigenvalue weighted by molar-refractivity contribution is 9.10. The van der Waals surface area contributed by atoms with Gasteiger partial charge in [-0.15, -0.1) is 0 Å². The van der Waals surface area contributed by atoms with Crippen LogP contribution in [0.2, 0.25) is 0 Å². The van der Waals surface area contributed by atoms with Crippen LogP contribution in [-0.2, 0) is 0 Å². The van der Waals surface area contributed by atoms with Crippen molar-refractivity contribution in [2.75, 3.05) is 26.2 Å². The van der Waals surface area contributed by atoms with Crippen molar-refractivity contribution in [1.29, 1.82) is 0 Å². The molecule has 1 unspecified atom stereocenters. The molecule has 0 aliphatic carbocycles. The summed E-state index contributed by atoms with van der Waals surface area (Å²) < 4.78 is 6.38. The number of furan rings is 1. The Kier molecular flexibility index (Phi) is 4.44. The van der Waals surface area contributed by atoms with Gasteiger partial charge in [-0.25, -0.2) is 0 Å². The van der Waals surface area contributed by atoms with E-state index < -0.39 is 0 Å². The van der Waals surface area contributed by atoms with E-state index in [1.54, 1.807) is 0 Å². The lowest BCUT2D eigenvalue weighted by Crippen LogP contribution is -2.35. The first-order valence-corrected chi connectivity index (χ1v) is 6.76. The zero-order chi connectivity index (χ0) is 11.4. The highest BCUT2D eigenvalue weighted by Crippen LogP contribution is 2.23. The zero-order valence-corrected chi connectivity index (χ0v) is 11.1. The summed E-state index contributed by atoms with van der Waals surface area (Å²) in [4.78, 5) is 2.50. The third-order valence-electron chi connectivity index (χ3n) is 3.21. The van der Waals surface area contributed by atoms with E-state index in [2.05, 4.69) is 20.8 Å². The Morgan fingerprint density at radius 2 is 2.06 bits per heavy atom. The van der Waals surface area contributed by atoms with E-state index in [0.717, 1.165) is 17.0 Å². The van der Waals surface area contributed by atoms with Gasteiger partial charge in [0.05, 0.1) is 0 Å². The molecule has 16 heavy (non-hydrogen) atoms. The van der Waals surface area contributed by atoms with Gasteiger partial charge in [-0.1, -0.05) is 6.42 Å². The Balaban J connectivity index is 1.94. The summed E-state index contributed by atoms with van der Waals surface area (Å²) in [6.45, 7) is 4.09. The second-order valence-electron chi connectivity index (χ2n) is 4.44. The molecule has 1 atom stereocenters. The normalized spacial score (nSPS) is 19.9. The van der Waals surface area contributed by atoms with E-state index in [-0.39, 0.29) is 0 Å². The van der Waals surface area contributed by atoms with Crippen molar-refractivity contribution in [2.45, 2.75) is 25.2 Å². The van der Waals surface area contributed by atoms with Crippen LogP contribution in [0.5, 0.6) is 0 Å². The van der Waals surface area contributed by atoms with Crippen LogP contribution in [0.4, 0.5) is 0 Å². The van der Waals surface area contributed by atoms with Gasteiger partial charge in [0.25, 0.3) is 0 Å². The molecule has 1 aromatic rings. The minimum Gasteiger partial charge on any atom is -0.454 e. The number of hydrogen-bond acceptors (Lipinski definition) is 3. The van der Waals surface area contributed by atoms with Crippen molar-refractivity contribution in [3.05, 3.63) is 22.6 Å². The van der Waals surface area contributed by atoms with Crippen molar-refractivity contribution in [3.63, 3.8) is 0 Å². The van der Waals surface area contributed by atoms with Crippen LogP contribution in [0.3, 0.4) is 0 Å². The Hall–Kier alpha value is -0.320. The zero-order valence-electron chi connectivity index (χ0n) is 9.49. The summed E-state index contributed by atoms with van der Waals surface area (Å²) in [5.41, 5.74) is 5.83. The molecule has 90 valence electrons. The topological polar surface area (TPSA) is 42.4 Å². The molecule has 0 saturated carbocycles. The Morgan fingerprint density at radius 1 is 1.31 bits per heavy atom. The summed E-state index contributed by atoms with van der Waals surface area (Å²) >= 11 is 3.33. The van der Waals surface area contributed by atoms with E-state index in [4.69, 9.17) is 10.2 Å². The smallest absolute Gasteiger partial charge is 0.169 e. The predicted molar refractivity (Wildman–Crippen MR) is 68.5 cm³/mol. The van der Waals surface area contributed by atoms with Crippen LogP contribution in [-0.4, -0.2) is 31.1 Å².